The zero-order chi connectivity index (χ0) is 20.2. The number of carbonyl (C=O) groups excluding carboxylic acids is 1. The fourth-order valence-electron chi connectivity index (χ4n) is 4.21. The number of rotatable bonds is 5. The maximum atomic E-state index is 12.9. The lowest BCUT2D eigenvalue weighted by Crippen LogP contribution is -2.36. The summed E-state index contributed by atoms with van der Waals surface area (Å²) in [6.07, 6.45) is 2.46. The van der Waals surface area contributed by atoms with E-state index in [0.717, 1.165) is 50.5 Å². The van der Waals surface area contributed by atoms with Crippen molar-refractivity contribution < 1.29 is 9.53 Å². The third kappa shape index (κ3) is 4.56. The molecule has 2 heterocycles. The zero-order valence-electron chi connectivity index (χ0n) is 17.5. The Hall–Kier alpha value is -2.53. The molecular weight excluding hydrogens is 362 g/mol. The van der Waals surface area contributed by atoms with Gasteiger partial charge in [0.05, 0.1) is 19.3 Å². The molecule has 29 heavy (non-hydrogen) atoms. The van der Waals surface area contributed by atoms with Gasteiger partial charge in [-0.25, -0.2) is 0 Å². The van der Waals surface area contributed by atoms with Crippen LogP contribution in [0.15, 0.2) is 42.5 Å². The molecule has 0 aromatic heterocycles. The van der Waals surface area contributed by atoms with Gasteiger partial charge in [-0.1, -0.05) is 18.2 Å². The van der Waals surface area contributed by atoms with Crippen molar-refractivity contribution >= 4 is 17.3 Å². The van der Waals surface area contributed by atoms with E-state index in [9.17, 15) is 4.79 Å². The van der Waals surface area contributed by atoms with Crippen LogP contribution in [0.3, 0.4) is 0 Å². The largest absolute Gasteiger partial charge is 0.378 e. The van der Waals surface area contributed by atoms with E-state index in [4.69, 9.17) is 4.74 Å². The summed E-state index contributed by atoms with van der Waals surface area (Å²) in [5.74, 6) is -0.0183. The van der Waals surface area contributed by atoms with E-state index in [1.807, 2.05) is 19.1 Å². The smallest absolute Gasteiger partial charge is 0.251 e. The van der Waals surface area contributed by atoms with Gasteiger partial charge in [0, 0.05) is 43.1 Å². The van der Waals surface area contributed by atoms with Gasteiger partial charge < -0.3 is 19.9 Å². The number of aryl methyl sites for hydroxylation is 1. The first-order valence-corrected chi connectivity index (χ1v) is 10.7. The van der Waals surface area contributed by atoms with Crippen LogP contribution in [0.25, 0.3) is 0 Å². The van der Waals surface area contributed by atoms with E-state index < -0.39 is 0 Å². The van der Waals surface area contributed by atoms with Gasteiger partial charge in [-0.3, -0.25) is 4.79 Å². The Kier molecular flexibility index (Phi) is 6.05. The summed E-state index contributed by atoms with van der Waals surface area (Å²) in [7, 11) is 0. The number of amides is 1. The fourth-order valence-corrected chi connectivity index (χ4v) is 4.21. The Bertz CT molecular complexity index is 838. The standard InChI is InChI=1S/C24H31N3O2/c1-18-5-6-21(17-23(18)27-11-3-4-12-27)24(28)25-19(2)20-7-9-22(10-8-20)26-13-15-29-16-14-26/h5-10,17,19H,3-4,11-16H2,1-2H3,(H,25,28)/t19-/m1/s1. The van der Waals surface area contributed by atoms with Crippen LogP contribution in [0.1, 0.15) is 47.3 Å². The van der Waals surface area contributed by atoms with Crippen molar-refractivity contribution in [1.29, 1.82) is 0 Å². The van der Waals surface area contributed by atoms with Crippen LogP contribution in [0.4, 0.5) is 11.4 Å². The van der Waals surface area contributed by atoms with Crippen molar-refractivity contribution in [3.63, 3.8) is 0 Å². The van der Waals surface area contributed by atoms with Gasteiger partial charge in [0.1, 0.15) is 0 Å². The molecule has 1 N–H and O–H groups in total. The number of hydrogen-bond donors (Lipinski definition) is 1. The lowest BCUT2D eigenvalue weighted by atomic mass is 10.1. The van der Waals surface area contributed by atoms with Crippen LogP contribution in [0.5, 0.6) is 0 Å². The summed E-state index contributed by atoms with van der Waals surface area (Å²) in [4.78, 5) is 17.6. The first kappa shape index (κ1) is 19.8. The average Bonchev–Trinajstić information content (AvgIpc) is 3.29. The number of ether oxygens (including phenoxy) is 1. The first-order chi connectivity index (χ1) is 14.1. The number of anilines is 2. The van der Waals surface area contributed by atoms with Crippen LogP contribution < -0.4 is 15.1 Å². The zero-order valence-corrected chi connectivity index (χ0v) is 17.5. The Balaban J connectivity index is 1.42. The monoisotopic (exact) mass is 393 g/mol. The minimum absolute atomic E-state index is 0.0183. The molecule has 1 atom stereocenters. The summed E-state index contributed by atoms with van der Waals surface area (Å²) in [5.41, 5.74) is 5.48. The Morgan fingerprint density at radius 2 is 1.66 bits per heavy atom. The number of morpholine rings is 1. The SMILES string of the molecule is Cc1ccc(C(=O)N[C@H](C)c2ccc(N3CCOCC3)cc2)cc1N1CCCC1. The lowest BCUT2D eigenvalue weighted by molar-refractivity contribution is 0.0940. The molecule has 0 spiro atoms. The van der Waals surface area contributed by atoms with Crippen molar-refractivity contribution in [2.24, 2.45) is 0 Å². The second-order valence-electron chi connectivity index (χ2n) is 8.08. The van der Waals surface area contributed by atoms with E-state index in [2.05, 4.69) is 52.4 Å². The van der Waals surface area contributed by atoms with Gasteiger partial charge in [0.2, 0.25) is 0 Å². The van der Waals surface area contributed by atoms with E-state index in [1.165, 1.54) is 29.8 Å². The lowest BCUT2D eigenvalue weighted by Gasteiger charge is -2.29. The maximum Gasteiger partial charge on any atom is 0.251 e. The Morgan fingerprint density at radius 3 is 2.34 bits per heavy atom. The summed E-state index contributed by atoms with van der Waals surface area (Å²) in [6.45, 7) is 9.74. The number of nitrogens with zero attached hydrogens (tertiary/aromatic N) is 2. The molecule has 0 bridgehead atoms. The van der Waals surface area contributed by atoms with Crippen molar-refractivity contribution in [1.82, 2.24) is 5.32 Å². The van der Waals surface area contributed by atoms with Gasteiger partial charge in [0.15, 0.2) is 0 Å². The predicted octanol–water partition coefficient (Wildman–Crippen LogP) is 3.92. The molecule has 1 amide bonds. The fraction of sp³-hybridized carbons (Fsp3) is 0.458. The second-order valence-corrected chi connectivity index (χ2v) is 8.08. The van der Waals surface area contributed by atoms with Crippen molar-refractivity contribution in [2.75, 3.05) is 49.2 Å². The average molecular weight is 394 g/mol. The highest BCUT2D eigenvalue weighted by Crippen LogP contribution is 2.26. The summed E-state index contributed by atoms with van der Waals surface area (Å²) >= 11 is 0. The molecule has 0 aliphatic carbocycles. The maximum absolute atomic E-state index is 12.9. The quantitative estimate of drug-likeness (QED) is 0.836. The highest BCUT2D eigenvalue weighted by atomic mass is 16.5. The molecule has 2 aromatic rings. The summed E-state index contributed by atoms with van der Waals surface area (Å²) < 4.78 is 5.42. The van der Waals surface area contributed by atoms with Crippen molar-refractivity contribution in [3.8, 4) is 0 Å². The van der Waals surface area contributed by atoms with E-state index in [-0.39, 0.29) is 11.9 Å². The molecule has 5 nitrogen and oxygen atoms in total. The third-order valence-corrected chi connectivity index (χ3v) is 6.03. The molecule has 5 heteroatoms. The molecule has 2 saturated heterocycles. The van der Waals surface area contributed by atoms with Crippen LogP contribution >= 0.6 is 0 Å². The minimum Gasteiger partial charge on any atom is -0.378 e. The molecule has 0 radical (unpaired) electrons. The van der Waals surface area contributed by atoms with E-state index in [0.29, 0.717) is 0 Å². The van der Waals surface area contributed by atoms with Gasteiger partial charge >= 0.3 is 0 Å². The summed E-state index contributed by atoms with van der Waals surface area (Å²) in [5, 5.41) is 3.16. The molecule has 2 aliphatic rings. The molecule has 2 aliphatic heterocycles. The van der Waals surface area contributed by atoms with Gasteiger partial charge in [-0.2, -0.15) is 0 Å². The topological polar surface area (TPSA) is 44.8 Å². The molecule has 2 aromatic carbocycles. The van der Waals surface area contributed by atoms with Gasteiger partial charge in [-0.15, -0.1) is 0 Å². The van der Waals surface area contributed by atoms with Gasteiger partial charge in [0.25, 0.3) is 5.91 Å². The molecule has 0 saturated carbocycles. The van der Waals surface area contributed by atoms with Crippen molar-refractivity contribution in [2.45, 2.75) is 32.7 Å². The van der Waals surface area contributed by atoms with E-state index >= 15 is 0 Å². The number of benzene rings is 2. The molecule has 0 unspecified atom stereocenters. The second kappa shape index (κ2) is 8.87. The van der Waals surface area contributed by atoms with E-state index in [1.54, 1.807) is 0 Å². The number of hydrogen-bond acceptors (Lipinski definition) is 4. The number of nitrogens with one attached hydrogen (secondary N) is 1. The van der Waals surface area contributed by atoms with Crippen LogP contribution in [-0.2, 0) is 4.74 Å². The summed E-state index contributed by atoms with van der Waals surface area (Å²) in [6, 6.07) is 14.5. The molecule has 4 rings (SSSR count). The van der Waals surface area contributed by atoms with Crippen LogP contribution in [0, 0.1) is 6.92 Å². The first-order valence-electron chi connectivity index (χ1n) is 10.7. The molecule has 2 fully saturated rings. The van der Waals surface area contributed by atoms with Gasteiger partial charge in [-0.05, 0) is 62.1 Å². The van der Waals surface area contributed by atoms with Crippen LogP contribution in [0.2, 0.25) is 0 Å². The molecular formula is C24H31N3O2. The Labute approximate surface area is 173 Å². The highest BCUT2D eigenvalue weighted by Gasteiger charge is 2.18. The van der Waals surface area contributed by atoms with Crippen LogP contribution in [-0.4, -0.2) is 45.3 Å². The van der Waals surface area contributed by atoms with Crippen molar-refractivity contribution in [3.05, 3.63) is 59.2 Å². The minimum atomic E-state index is -0.0437. The predicted molar refractivity (Wildman–Crippen MR) is 118 cm³/mol. The Morgan fingerprint density at radius 1 is 0.966 bits per heavy atom. The third-order valence-electron chi connectivity index (χ3n) is 6.03. The number of carbonyl (C=O) groups is 1. The molecule has 154 valence electrons. The highest BCUT2D eigenvalue weighted by molar-refractivity contribution is 5.95. The normalized spacial score (nSPS) is 18.0.